The van der Waals surface area contributed by atoms with E-state index < -0.39 is 5.25 Å². The molecule has 0 aromatic heterocycles. The molecule has 0 radical (unpaired) electrons. The molecule has 0 spiro atoms. The molecule has 0 aliphatic rings. The Labute approximate surface area is 215 Å². The molecular formula is C30H28N2O3S. The highest BCUT2D eigenvalue weighted by Gasteiger charge is 2.23. The Kier molecular flexibility index (Phi) is 8.42. The van der Waals surface area contributed by atoms with E-state index in [-0.39, 0.29) is 11.8 Å². The quantitative estimate of drug-likeness (QED) is 0.242. The third-order valence-electron chi connectivity index (χ3n) is 5.44. The molecule has 1 atom stereocenters. The number of hydrogen-bond acceptors (Lipinski definition) is 4. The highest BCUT2D eigenvalue weighted by molar-refractivity contribution is 8.00. The van der Waals surface area contributed by atoms with Crippen LogP contribution < -0.4 is 15.4 Å². The molecule has 0 aliphatic carbocycles. The number of nitrogens with one attached hydrogen (secondary N) is 2. The van der Waals surface area contributed by atoms with E-state index in [0.717, 1.165) is 16.0 Å². The second kappa shape index (κ2) is 12.1. The van der Waals surface area contributed by atoms with Crippen molar-refractivity contribution in [3.05, 3.63) is 120 Å². The predicted octanol–water partition coefficient (Wildman–Crippen LogP) is 7.12. The SMILES string of the molecule is CCOc1ccccc1NC(=O)C(Sc1cccc(NC(=O)c2ccc(C)cc2)c1)c1ccccc1. The molecule has 0 heterocycles. The summed E-state index contributed by atoms with van der Waals surface area (Å²) in [5, 5.41) is 5.47. The molecule has 2 N–H and O–H groups in total. The van der Waals surface area contributed by atoms with Gasteiger partial charge in [-0.3, -0.25) is 9.59 Å². The molecule has 4 aromatic rings. The number of para-hydroxylation sites is 2. The summed E-state index contributed by atoms with van der Waals surface area (Å²) in [6, 6.07) is 32.0. The van der Waals surface area contributed by atoms with E-state index in [9.17, 15) is 9.59 Å². The van der Waals surface area contributed by atoms with Crippen molar-refractivity contribution in [1.29, 1.82) is 0 Å². The molecule has 2 amide bonds. The van der Waals surface area contributed by atoms with Gasteiger partial charge in [0.2, 0.25) is 5.91 Å². The number of amides is 2. The lowest BCUT2D eigenvalue weighted by Gasteiger charge is -2.19. The standard InChI is InChI=1S/C30H28N2O3S/c1-3-35-27-15-8-7-14-26(27)32-30(34)28(22-10-5-4-6-11-22)36-25-13-9-12-24(20-25)31-29(33)23-18-16-21(2)17-19-23/h4-20,28H,3H2,1-2H3,(H,31,33)(H,32,34). The molecule has 6 heteroatoms. The topological polar surface area (TPSA) is 67.4 Å². The summed E-state index contributed by atoms with van der Waals surface area (Å²) in [6.07, 6.45) is 0. The van der Waals surface area contributed by atoms with Crippen molar-refractivity contribution in [1.82, 2.24) is 0 Å². The van der Waals surface area contributed by atoms with Crippen LogP contribution in [0.4, 0.5) is 11.4 Å². The monoisotopic (exact) mass is 496 g/mol. The van der Waals surface area contributed by atoms with Crippen molar-refractivity contribution in [2.24, 2.45) is 0 Å². The van der Waals surface area contributed by atoms with Crippen molar-refractivity contribution in [3.63, 3.8) is 0 Å². The minimum Gasteiger partial charge on any atom is -0.492 e. The van der Waals surface area contributed by atoms with Gasteiger partial charge in [-0.1, -0.05) is 66.2 Å². The van der Waals surface area contributed by atoms with Crippen molar-refractivity contribution in [3.8, 4) is 5.75 Å². The number of rotatable bonds is 9. The summed E-state index contributed by atoms with van der Waals surface area (Å²) in [5.74, 6) is 0.292. The van der Waals surface area contributed by atoms with Crippen LogP contribution in [0.25, 0.3) is 0 Å². The molecule has 0 fully saturated rings. The Balaban J connectivity index is 1.55. The van der Waals surface area contributed by atoms with E-state index in [2.05, 4.69) is 10.6 Å². The first-order chi connectivity index (χ1) is 17.5. The number of thioether (sulfide) groups is 1. The number of benzene rings is 4. The molecule has 0 bridgehead atoms. The van der Waals surface area contributed by atoms with Gasteiger partial charge in [-0.2, -0.15) is 0 Å². The zero-order chi connectivity index (χ0) is 25.3. The van der Waals surface area contributed by atoms with Crippen molar-refractivity contribution in [2.75, 3.05) is 17.2 Å². The van der Waals surface area contributed by atoms with Gasteiger partial charge in [0.15, 0.2) is 0 Å². The summed E-state index contributed by atoms with van der Waals surface area (Å²) in [4.78, 5) is 27.0. The van der Waals surface area contributed by atoms with Crippen molar-refractivity contribution < 1.29 is 14.3 Å². The lowest BCUT2D eigenvalue weighted by atomic mass is 10.1. The predicted molar refractivity (Wildman–Crippen MR) is 147 cm³/mol. The van der Waals surface area contributed by atoms with Gasteiger partial charge in [0.1, 0.15) is 11.0 Å². The summed E-state index contributed by atoms with van der Waals surface area (Å²) < 4.78 is 5.68. The molecule has 182 valence electrons. The zero-order valence-corrected chi connectivity index (χ0v) is 21.0. The number of hydrogen-bond donors (Lipinski definition) is 2. The fraction of sp³-hybridized carbons (Fsp3) is 0.133. The third-order valence-corrected chi connectivity index (χ3v) is 6.69. The molecule has 4 rings (SSSR count). The zero-order valence-electron chi connectivity index (χ0n) is 20.2. The van der Waals surface area contributed by atoms with Gasteiger partial charge in [0.25, 0.3) is 5.91 Å². The lowest BCUT2D eigenvalue weighted by molar-refractivity contribution is -0.115. The summed E-state index contributed by atoms with van der Waals surface area (Å²) >= 11 is 1.42. The maximum atomic E-state index is 13.5. The van der Waals surface area contributed by atoms with E-state index in [1.165, 1.54) is 11.8 Å². The molecule has 4 aromatic carbocycles. The van der Waals surface area contributed by atoms with Crippen LogP contribution in [0.1, 0.15) is 33.7 Å². The number of ether oxygens (including phenoxy) is 1. The van der Waals surface area contributed by atoms with Crippen LogP contribution in [0.5, 0.6) is 5.75 Å². The minimum atomic E-state index is -0.510. The largest absolute Gasteiger partial charge is 0.492 e. The van der Waals surface area contributed by atoms with Gasteiger partial charge in [-0.15, -0.1) is 11.8 Å². The summed E-state index contributed by atoms with van der Waals surface area (Å²) in [5.41, 5.74) is 3.86. The van der Waals surface area contributed by atoms with E-state index >= 15 is 0 Å². The number of carbonyl (C=O) groups excluding carboxylic acids is 2. The first-order valence-corrected chi connectivity index (χ1v) is 12.6. The van der Waals surface area contributed by atoms with E-state index in [1.807, 2.05) is 105 Å². The van der Waals surface area contributed by atoms with E-state index in [4.69, 9.17) is 4.74 Å². The molecular weight excluding hydrogens is 468 g/mol. The second-order valence-corrected chi connectivity index (χ2v) is 9.35. The van der Waals surface area contributed by atoms with Gasteiger partial charge in [0, 0.05) is 16.1 Å². The van der Waals surface area contributed by atoms with Crippen LogP contribution in [-0.2, 0) is 4.79 Å². The first kappa shape index (κ1) is 25.1. The maximum Gasteiger partial charge on any atom is 0.255 e. The Morgan fingerprint density at radius 3 is 2.31 bits per heavy atom. The van der Waals surface area contributed by atoms with Crippen LogP contribution in [0.3, 0.4) is 0 Å². The normalized spacial score (nSPS) is 11.4. The molecule has 0 aliphatic heterocycles. The van der Waals surface area contributed by atoms with Gasteiger partial charge >= 0.3 is 0 Å². The molecule has 1 unspecified atom stereocenters. The Morgan fingerprint density at radius 1 is 0.833 bits per heavy atom. The average Bonchev–Trinajstić information content (AvgIpc) is 2.89. The Morgan fingerprint density at radius 2 is 1.56 bits per heavy atom. The van der Waals surface area contributed by atoms with Gasteiger partial charge in [-0.05, 0) is 61.9 Å². The number of aryl methyl sites for hydroxylation is 1. The van der Waals surface area contributed by atoms with Crippen LogP contribution >= 0.6 is 11.8 Å². The minimum absolute atomic E-state index is 0.160. The van der Waals surface area contributed by atoms with E-state index in [0.29, 0.717) is 29.3 Å². The molecule has 0 saturated heterocycles. The van der Waals surface area contributed by atoms with Crippen LogP contribution in [0.15, 0.2) is 108 Å². The van der Waals surface area contributed by atoms with Gasteiger partial charge in [0.05, 0.1) is 12.3 Å². The molecule has 0 saturated carbocycles. The fourth-order valence-corrected chi connectivity index (χ4v) is 4.73. The van der Waals surface area contributed by atoms with Crippen LogP contribution in [0, 0.1) is 6.92 Å². The van der Waals surface area contributed by atoms with Crippen LogP contribution in [0.2, 0.25) is 0 Å². The summed E-state index contributed by atoms with van der Waals surface area (Å²) in [7, 11) is 0. The Bertz CT molecular complexity index is 1320. The fourth-order valence-electron chi connectivity index (χ4n) is 3.64. The molecule has 36 heavy (non-hydrogen) atoms. The number of anilines is 2. The van der Waals surface area contributed by atoms with Crippen LogP contribution in [-0.4, -0.2) is 18.4 Å². The summed E-state index contributed by atoms with van der Waals surface area (Å²) in [6.45, 7) is 4.40. The smallest absolute Gasteiger partial charge is 0.255 e. The van der Waals surface area contributed by atoms with Crippen molar-refractivity contribution >= 4 is 35.0 Å². The van der Waals surface area contributed by atoms with E-state index in [1.54, 1.807) is 12.1 Å². The average molecular weight is 497 g/mol. The highest BCUT2D eigenvalue weighted by atomic mass is 32.2. The van der Waals surface area contributed by atoms with Gasteiger partial charge < -0.3 is 15.4 Å². The highest BCUT2D eigenvalue weighted by Crippen LogP contribution is 2.38. The maximum absolute atomic E-state index is 13.5. The molecule has 5 nitrogen and oxygen atoms in total. The first-order valence-electron chi connectivity index (χ1n) is 11.8. The van der Waals surface area contributed by atoms with Gasteiger partial charge in [-0.25, -0.2) is 0 Å². The lowest BCUT2D eigenvalue weighted by Crippen LogP contribution is -2.19. The second-order valence-electron chi connectivity index (χ2n) is 8.17. The van der Waals surface area contributed by atoms with Crippen molar-refractivity contribution in [2.45, 2.75) is 24.0 Å². The third kappa shape index (κ3) is 6.55. The number of carbonyl (C=O) groups is 2. The Hall–Kier alpha value is -4.03.